The summed E-state index contributed by atoms with van der Waals surface area (Å²) >= 11 is 0. The van der Waals surface area contributed by atoms with Crippen LogP contribution in [0.5, 0.6) is 0 Å². The molecule has 0 aromatic heterocycles. The van der Waals surface area contributed by atoms with E-state index in [0.29, 0.717) is 0 Å². The van der Waals surface area contributed by atoms with Crippen LogP contribution in [-0.2, 0) is 0 Å². The lowest BCUT2D eigenvalue weighted by Crippen LogP contribution is -2.27. The quantitative estimate of drug-likeness (QED) is 0.720. The monoisotopic (exact) mass is 259 g/mol. The molecular formula is C18H29N. The second-order valence-corrected chi connectivity index (χ2v) is 3.56. The molecule has 1 nitrogen and oxygen atoms in total. The van der Waals surface area contributed by atoms with Gasteiger partial charge in [-0.1, -0.05) is 66.0 Å². The third-order valence-corrected chi connectivity index (χ3v) is 2.59. The highest BCUT2D eigenvalue weighted by Crippen LogP contribution is 2.10. The van der Waals surface area contributed by atoms with Crippen molar-refractivity contribution < 1.29 is 0 Å². The van der Waals surface area contributed by atoms with Gasteiger partial charge in [-0.2, -0.15) is 0 Å². The second-order valence-electron chi connectivity index (χ2n) is 3.56. The van der Waals surface area contributed by atoms with Gasteiger partial charge in [0.15, 0.2) is 0 Å². The topological polar surface area (TPSA) is 12.4 Å². The van der Waals surface area contributed by atoms with Crippen LogP contribution in [0, 0.1) is 6.92 Å². The molecule has 0 radical (unpaired) electrons. The molecule has 0 bridgehead atoms. The van der Waals surface area contributed by atoms with Crippen LogP contribution in [-0.4, -0.2) is 6.72 Å². The van der Waals surface area contributed by atoms with Crippen molar-refractivity contribution >= 4 is 19.0 Å². The van der Waals surface area contributed by atoms with Crippen molar-refractivity contribution in [1.29, 1.82) is 0 Å². The SMILES string of the molecule is C=N/C(C(=C)CC)=c1\cccc(C)c1=C.CC.CC. The Balaban J connectivity index is 0. The highest BCUT2D eigenvalue weighted by molar-refractivity contribution is 5.65. The van der Waals surface area contributed by atoms with Crippen molar-refractivity contribution in [3.63, 3.8) is 0 Å². The molecule has 1 heteroatoms. The Kier molecular flexibility index (Phi) is 11.9. The maximum absolute atomic E-state index is 4.06. The summed E-state index contributed by atoms with van der Waals surface area (Å²) in [6.07, 6.45) is 0.877. The molecule has 106 valence electrons. The van der Waals surface area contributed by atoms with Crippen LogP contribution in [0.2, 0.25) is 0 Å². The highest BCUT2D eigenvalue weighted by Gasteiger charge is 2.00. The fourth-order valence-electron chi connectivity index (χ4n) is 1.48. The third kappa shape index (κ3) is 5.69. The number of benzene rings is 1. The summed E-state index contributed by atoms with van der Waals surface area (Å²) in [5, 5.41) is 2.05. The standard InChI is InChI=1S/C14H17N.2C2H6/c1-6-10(2)14(15-5)13-9-7-8-11(3)12(13)4;2*1-2/h7-9H,2,4-6H2,1,3H3;2*1-2H3/b14-13+;;. The molecule has 0 fully saturated rings. The van der Waals surface area contributed by atoms with Crippen molar-refractivity contribution in [3.8, 4) is 0 Å². The number of aliphatic imine (C=N–C) groups is 1. The predicted molar refractivity (Wildman–Crippen MR) is 91.0 cm³/mol. The first-order valence-corrected chi connectivity index (χ1v) is 7.05. The molecule has 0 aliphatic carbocycles. The van der Waals surface area contributed by atoms with E-state index in [0.717, 1.165) is 33.7 Å². The molecule has 1 rings (SSSR count). The maximum atomic E-state index is 4.06. The van der Waals surface area contributed by atoms with E-state index in [-0.39, 0.29) is 0 Å². The lowest BCUT2D eigenvalue weighted by molar-refractivity contribution is 1.15. The van der Waals surface area contributed by atoms with Crippen molar-refractivity contribution in [1.82, 2.24) is 0 Å². The van der Waals surface area contributed by atoms with E-state index < -0.39 is 0 Å². The Labute approximate surface area is 119 Å². The largest absolute Gasteiger partial charge is 0.264 e. The van der Waals surface area contributed by atoms with Gasteiger partial charge in [-0.25, -0.2) is 0 Å². The van der Waals surface area contributed by atoms with Gasteiger partial charge in [0.1, 0.15) is 0 Å². The van der Waals surface area contributed by atoms with Gasteiger partial charge in [0, 0.05) is 5.22 Å². The van der Waals surface area contributed by atoms with Crippen molar-refractivity contribution in [2.45, 2.75) is 48.0 Å². The summed E-state index contributed by atoms with van der Waals surface area (Å²) in [7, 11) is 0. The Morgan fingerprint density at radius 2 is 1.68 bits per heavy atom. The van der Waals surface area contributed by atoms with E-state index in [4.69, 9.17) is 0 Å². The highest BCUT2D eigenvalue weighted by atomic mass is 14.7. The summed E-state index contributed by atoms with van der Waals surface area (Å²) in [4.78, 5) is 4.06. The minimum Gasteiger partial charge on any atom is -0.264 e. The number of rotatable bonds is 3. The number of hydrogen-bond donors (Lipinski definition) is 0. The molecule has 0 unspecified atom stereocenters. The number of nitrogens with zero attached hydrogens (tertiary/aromatic N) is 1. The molecule has 0 saturated heterocycles. The van der Waals surface area contributed by atoms with Gasteiger partial charge in [-0.05, 0) is 36.4 Å². The van der Waals surface area contributed by atoms with Gasteiger partial charge in [0.25, 0.3) is 0 Å². The minimum atomic E-state index is 0.867. The summed E-state index contributed by atoms with van der Waals surface area (Å²) < 4.78 is 0. The Hall–Kier alpha value is -1.63. The third-order valence-electron chi connectivity index (χ3n) is 2.59. The van der Waals surface area contributed by atoms with Gasteiger partial charge in [0.2, 0.25) is 0 Å². The summed E-state index contributed by atoms with van der Waals surface area (Å²) in [6, 6.07) is 6.06. The fraction of sp³-hybridized carbons (Fsp3) is 0.389. The predicted octanol–water partition coefficient (Wildman–Crippen LogP) is 4.23. The van der Waals surface area contributed by atoms with Crippen molar-refractivity contribution in [3.05, 3.63) is 46.4 Å². The lowest BCUT2D eigenvalue weighted by atomic mass is 10.1. The molecule has 0 N–H and O–H groups in total. The van der Waals surface area contributed by atoms with Gasteiger partial charge in [-0.15, -0.1) is 0 Å². The molecule has 0 aliphatic heterocycles. The van der Waals surface area contributed by atoms with Crippen LogP contribution in [0.3, 0.4) is 0 Å². The zero-order chi connectivity index (χ0) is 15.4. The zero-order valence-corrected chi connectivity index (χ0v) is 13.5. The average Bonchev–Trinajstić information content (AvgIpc) is 2.48. The molecule has 1 aromatic rings. The zero-order valence-electron chi connectivity index (χ0n) is 13.5. The molecular weight excluding hydrogens is 230 g/mol. The van der Waals surface area contributed by atoms with E-state index in [9.17, 15) is 0 Å². The normalized spacial score (nSPS) is 10.2. The Morgan fingerprint density at radius 1 is 1.16 bits per heavy atom. The van der Waals surface area contributed by atoms with Crippen LogP contribution in [0.25, 0.3) is 12.3 Å². The van der Waals surface area contributed by atoms with Crippen LogP contribution in [0.15, 0.2) is 35.3 Å². The van der Waals surface area contributed by atoms with Crippen LogP contribution in [0.4, 0.5) is 0 Å². The number of hydrogen-bond acceptors (Lipinski definition) is 1. The summed E-state index contributed by atoms with van der Waals surface area (Å²) in [6.45, 7) is 23.8. The average molecular weight is 259 g/mol. The maximum Gasteiger partial charge on any atom is 0.0726 e. The number of aryl methyl sites for hydroxylation is 1. The molecule has 0 aliphatic rings. The Bertz CT molecular complexity index is 495. The first-order chi connectivity index (χ1) is 9.11. The fourth-order valence-corrected chi connectivity index (χ4v) is 1.48. The molecule has 19 heavy (non-hydrogen) atoms. The van der Waals surface area contributed by atoms with Gasteiger partial charge >= 0.3 is 0 Å². The molecule has 0 amide bonds. The molecule has 0 atom stereocenters. The smallest absolute Gasteiger partial charge is 0.0726 e. The summed E-state index contributed by atoms with van der Waals surface area (Å²) in [5.41, 5.74) is 3.03. The van der Waals surface area contributed by atoms with Crippen molar-refractivity contribution in [2.24, 2.45) is 4.99 Å². The second kappa shape index (κ2) is 11.5. The molecule has 0 spiro atoms. The van der Waals surface area contributed by atoms with Crippen molar-refractivity contribution in [2.75, 3.05) is 0 Å². The Morgan fingerprint density at radius 3 is 2.11 bits per heavy atom. The van der Waals surface area contributed by atoms with Gasteiger partial charge < -0.3 is 0 Å². The van der Waals surface area contributed by atoms with Crippen LogP contribution >= 0.6 is 0 Å². The van der Waals surface area contributed by atoms with E-state index in [1.807, 2.05) is 52.8 Å². The molecule has 1 aromatic carbocycles. The molecule has 0 heterocycles. The summed E-state index contributed by atoms with van der Waals surface area (Å²) in [5.74, 6) is 0. The van der Waals surface area contributed by atoms with E-state index in [1.165, 1.54) is 0 Å². The van der Waals surface area contributed by atoms with E-state index >= 15 is 0 Å². The van der Waals surface area contributed by atoms with Crippen LogP contribution in [0.1, 0.15) is 46.6 Å². The van der Waals surface area contributed by atoms with Gasteiger partial charge in [0.05, 0.1) is 5.70 Å². The first kappa shape index (κ1) is 19.7. The van der Waals surface area contributed by atoms with E-state index in [1.54, 1.807) is 0 Å². The van der Waals surface area contributed by atoms with Gasteiger partial charge in [-0.3, -0.25) is 4.99 Å². The lowest BCUT2D eigenvalue weighted by Gasteiger charge is -2.04. The van der Waals surface area contributed by atoms with E-state index in [2.05, 4.69) is 31.8 Å². The minimum absolute atomic E-state index is 0.867. The molecule has 0 saturated carbocycles. The van der Waals surface area contributed by atoms with Crippen LogP contribution < -0.4 is 10.4 Å². The first-order valence-electron chi connectivity index (χ1n) is 7.05.